The van der Waals surface area contributed by atoms with Crippen LogP contribution in [0.25, 0.3) is 0 Å². The quantitative estimate of drug-likeness (QED) is 0.882. The molecular weight excluding hydrogens is 262 g/mol. The summed E-state index contributed by atoms with van der Waals surface area (Å²) in [6.45, 7) is 1.20. The van der Waals surface area contributed by atoms with Gasteiger partial charge in [-0.15, -0.1) is 0 Å². The molecule has 0 saturated heterocycles. The zero-order valence-corrected chi connectivity index (χ0v) is 11.7. The number of aryl methyl sites for hydroxylation is 1. The van der Waals surface area contributed by atoms with Crippen molar-refractivity contribution < 1.29 is 4.74 Å². The summed E-state index contributed by atoms with van der Waals surface area (Å²) in [7, 11) is 1.92. The Bertz CT molecular complexity index is 539. The standard InChI is InChI=1S/C14H18ClN3O/c1-18-12(5-8-17-18)6-9-19-14-3-2-11(4-7-16)10-13(14)15/h2-3,5,8,10H,4,6-7,9,16H2,1H3. The first-order valence-corrected chi connectivity index (χ1v) is 6.66. The van der Waals surface area contributed by atoms with Crippen molar-refractivity contribution in [3.05, 3.63) is 46.7 Å². The van der Waals surface area contributed by atoms with Gasteiger partial charge in [-0.1, -0.05) is 17.7 Å². The van der Waals surface area contributed by atoms with Crippen LogP contribution >= 0.6 is 11.6 Å². The maximum atomic E-state index is 6.17. The van der Waals surface area contributed by atoms with Gasteiger partial charge in [0, 0.05) is 25.4 Å². The van der Waals surface area contributed by atoms with Gasteiger partial charge in [-0.05, 0) is 36.7 Å². The van der Waals surface area contributed by atoms with Crippen LogP contribution in [0.15, 0.2) is 30.5 Å². The van der Waals surface area contributed by atoms with E-state index in [1.54, 1.807) is 6.20 Å². The fourth-order valence-corrected chi connectivity index (χ4v) is 2.15. The second-order valence-corrected chi connectivity index (χ2v) is 4.76. The SMILES string of the molecule is Cn1nccc1CCOc1ccc(CCN)cc1Cl. The second kappa shape index (κ2) is 6.59. The maximum Gasteiger partial charge on any atom is 0.137 e. The summed E-state index contributed by atoms with van der Waals surface area (Å²) in [5, 5.41) is 4.75. The molecule has 0 bridgehead atoms. The van der Waals surface area contributed by atoms with Crippen molar-refractivity contribution in [2.24, 2.45) is 12.8 Å². The molecule has 5 heteroatoms. The number of hydrogen-bond donors (Lipinski definition) is 1. The predicted molar refractivity (Wildman–Crippen MR) is 76.6 cm³/mol. The van der Waals surface area contributed by atoms with Crippen LogP contribution in [0.1, 0.15) is 11.3 Å². The highest BCUT2D eigenvalue weighted by Gasteiger charge is 2.04. The molecule has 0 aliphatic carbocycles. The van der Waals surface area contributed by atoms with Gasteiger partial charge in [0.1, 0.15) is 5.75 Å². The van der Waals surface area contributed by atoms with Crippen molar-refractivity contribution in [1.29, 1.82) is 0 Å². The Hall–Kier alpha value is -1.52. The van der Waals surface area contributed by atoms with E-state index in [1.807, 2.05) is 36.0 Å². The normalized spacial score (nSPS) is 10.7. The first-order valence-electron chi connectivity index (χ1n) is 6.29. The van der Waals surface area contributed by atoms with Crippen LogP contribution in [-0.2, 0) is 19.9 Å². The number of rotatable bonds is 6. The van der Waals surface area contributed by atoms with E-state index in [1.165, 1.54) is 0 Å². The topological polar surface area (TPSA) is 53.1 Å². The lowest BCUT2D eigenvalue weighted by Gasteiger charge is -2.09. The van der Waals surface area contributed by atoms with Gasteiger partial charge in [0.25, 0.3) is 0 Å². The summed E-state index contributed by atoms with van der Waals surface area (Å²) >= 11 is 6.17. The summed E-state index contributed by atoms with van der Waals surface area (Å²) < 4.78 is 7.54. The molecule has 102 valence electrons. The molecular formula is C14H18ClN3O. The highest BCUT2D eigenvalue weighted by Crippen LogP contribution is 2.25. The van der Waals surface area contributed by atoms with E-state index in [4.69, 9.17) is 22.1 Å². The molecule has 0 amide bonds. The molecule has 0 saturated carbocycles. The van der Waals surface area contributed by atoms with Crippen LogP contribution < -0.4 is 10.5 Å². The predicted octanol–water partition coefficient (Wildman–Crippen LogP) is 2.20. The molecule has 4 nitrogen and oxygen atoms in total. The lowest BCUT2D eigenvalue weighted by Crippen LogP contribution is -2.06. The van der Waals surface area contributed by atoms with Crippen molar-refractivity contribution in [2.45, 2.75) is 12.8 Å². The van der Waals surface area contributed by atoms with E-state index in [2.05, 4.69) is 5.10 Å². The number of halogens is 1. The van der Waals surface area contributed by atoms with E-state index < -0.39 is 0 Å². The number of hydrogen-bond acceptors (Lipinski definition) is 3. The molecule has 2 aromatic rings. The average Bonchev–Trinajstić information content (AvgIpc) is 2.78. The van der Waals surface area contributed by atoms with Crippen LogP contribution in [0.5, 0.6) is 5.75 Å². The summed E-state index contributed by atoms with van der Waals surface area (Å²) in [6.07, 6.45) is 3.41. The number of aromatic nitrogens is 2. The molecule has 1 aromatic heterocycles. The third kappa shape index (κ3) is 3.72. The molecule has 2 rings (SSSR count). The lowest BCUT2D eigenvalue weighted by molar-refractivity contribution is 0.318. The summed E-state index contributed by atoms with van der Waals surface area (Å²) in [5.41, 5.74) is 7.78. The van der Waals surface area contributed by atoms with Gasteiger partial charge in [-0.3, -0.25) is 4.68 Å². The minimum Gasteiger partial charge on any atom is -0.492 e. The van der Waals surface area contributed by atoms with Gasteiger partial charge < -0.3 is 10.5 Å². The Kier molecular flexibility index (Phi) is 4.82. The average molecular weight is 280 g/mol. The number of nitrogens with two attached hydrogens (primary N) is 1. The van der Waals surface area contributed by atoms with Crippen molar-refractivity contribution in [1.82, 2.24) is 9.78 Å². The molecule has 0 unspecified atom stereocenters. The van der Waals surface area contributed by atoms with E-state index in [0.717, 1.165) is 24.1 Å². The number of benzene rings is 1. The number of nitrogens with zero attached hydrogens (tertiary/aromatic N) is 2. The van der Waals surface area contributed by atoms with E-state index in [-0.39, 0.29) is 0 Å². The minimum absolute atomic E-state index is 0.579. The van der Waals surface area contributed by atoms with Crippen molar-refractivity contribution in [3.63, 3.8) is 0 Å². The maximum absolute atomic E-state index is 6.17. The third-order valence-electron chi connectivity index (χ3n) is 2.97. The fraction of sp³-hybridized carbons (Fsp3) is 0.357. The smallest absolute Gasteiger partial charge is 0.137 e. The fourth-order valence-electron chi connectivity index (χ4n) is 1.90. The molecule has 2 N–H and O–H groups in total. The van der Waals surface area contributed by atoms with Gasteiger partial charge in [0.2, 0.25) is 0 Å². The van der Waals surface area contributed by atoms with Gasteiger partial charge in [0.05, 0.1) is 11.6 Å². The molecule has 0 radical (unpaired) electrons. The van der Waals surface area contributed by atoms with Gasteiger partial charge in [-0.2, -0.15) is 5.10 Å². The Morgan fingerprint density at radius 2 is 2.16 bits per heavy atom. The van der Waals surface area contributed by atoms with Crippen molar-refractivity contribution in [3.8, 4) is 5.75 Å². The van der Waals surface area contributed by atoms with Gasteiger partial charge in [0.15, 0.2) is 0 Å². The Morgan fingerprint density at radius 1 is 1.32 bits per heavy atom. The first kappa shape index (κ1) is 13.9. The van der Waals surface area contributed by atoms with Gasteiger partial charge in [-0.25, -0.2) is 0 Å². The zero-order chi connectivity index (χ0) is 13.7. The Morgan fingerprint density at radius 3 is 2.79 bits per heavy atom. The molecule has 1 heterocycles. The highest BCUT2D eigenvalue weighted by molar-refractivity contribution is 6.32. The van der Waals surface area contributed by atoms with Crippen molar-refractivity contribution >= 4 is 11.6 Å². The molecule has 1 aromatic carbocycles. The monoisotopic (exact) mass is 279 g/mol. The summed E-state index contributed by atoms with van der Waals surface area (Å²) in [5.74, 6) is 0.713. The molecule has 0 aliphatic heterocycles. The van der Waals surface area contributed by atoms with Crippen molar-refractivity contribution in [2.75, 3.05) is 13.2 Å². The zero-order valence-electron chi connectivity index (χ0n) is 11.0. The van der Waals surface area contributed by atoms with Crippen LogP contribution in [0.4, 0.5) is 0 Å². The van der Waals surface area contributed by atoms with E-state index in [9.17, 15) is 0 Å². The largest absolute Gasteiger partial charge is 0.492 e. The lowest BCUT2D eigenvalue weighted by atomic mass is 10.1. The third-order valence-corrected chi connectivity index (χ3v) is 3.26. The number of ether oxygens (including phenoxy) is 1. The molecule has 0 fully saturated rings. The van der Waals surface area contributed by atoms with Crippen LogP contribution in [0.3, 0.4) is 0 Å². The molecule has 0 spiro atoms. The second-order valence-electron chi connectivity index (χ2n) is 4.35. The summed E-state index contributed by atoms with van der Waals surface area (Å²) in [6, 6.07) is 7.79. The van der Waals surface area contributed by atoms with Crippen LogP contribution in [0, 0.1) is 0 Å². The van der Waals surface area contributed by atoms with Gasteiger partial charge >= 0.3 is 0 Å². The van der Waals surface area contributed by atoms with E-state index >= 15 is 0 Å². The summed E-state index contributed by atoms with van der Waals surface area (Å²) in [4.78, 5) is 0. The first-order chi connectivity index (χ1) is 9.20. The molecule has 0 atom stereocenters. The van der Waals surface area contributed by atoms with Crippen LogP contribution in [0.2, 0.25) is 5.02 Å². The Balaban J connectivity index is 1.91. The van der Waals surface area contributed by atoms with Crippen LogP contribution in [-0.4, -0.2) is 22.9 Å². The van der Waals surface area contributed by atoms with E-state index in [0.29, 0.717) is 23.9 Å². The molecule has 19 heavy (non-hydrogen) atoms. The Labute approximate surface area is 118 Å². The minimum atomic E-state index is 0.579. The highest BCUT2D eigenvalue weighted by atomic mass is 35.5. The molecule has 0 aliphatic rings.